The van der Waals surface area contributed by atoms with Gasteiger partial charge in [-0.2, -0.15) is 5.10 Å². The van der Waals surface area contributed by atoms with Crippen LogP contribution in [0, 0.1) is 0 Å². The van der Waals surface area contributed by atoms with Crippen molar-refractivity contribution in [3.63, 3.8) is 0 Å². The molecule has 2 unspecified atom stereocenters. The normalized spacial score (nSPS) is 27.5. The Kier molecular flexibility index (Phi) is 2.92. The molecule has 1 aliphatic heterocycles. The zero-order valence-electron chi connectivity index (χ0n) is 10.8. The van der Waals surface area contributed by atoms with Gasteiger partial charge in [0.15, 0.2) is 0 Å². The van der Waals surface area contributed by atoms with Gasteiger partial charge in [-0.25, -0.2) is 0 Å². The highest BCUT2D eigenvalue weighted by Gasteiger charge is 2.34. The first-order valence-corrected chi connectivity index (χ1v) is 6.72. The van der Waals surface area contributed by atoms with Crippen LogP contribution in [0.5, 0.6) is 0 Å². The SMILES string of the molecule is CC(NC1CCN(C2CC2)C1)c1ccnn1C. The van der Waals surface area contributed by atoms with Crippen molar-refractivity contribution in [1.29, 1.82) is 0 Å². The molecule has 0 spiro atoms. The number of hydrogen-bond acceptors (Lipinski definition) is 3. The Balaban J connectivity index is 1.55. The van der Waals surface area contributed by atoms with Gasteiger partial charge in [-0.3, -0.25) is 9.58 Å². The lowest BCUT2D eigenvalue weighted by molar-refractivity contribution is 0.312. The second-order valence-corrected chi connectivity index (χ2v) is 5.48. The average Bonchev–Trinajstić information content (AvgIpc) is 2.90. The largest absolute Gasteiger partial charge is 0.305 e. The maximum atomic E-state index is 4.23. The monoisotopic (exact) mass is 234 g/mol. The molecule has 4 heteroatoms. The van der Waals surface area contributed by atoms with E-state index in [0.29, 0.717) is 12.1 Å². The molecule has 2 atom stereocenters. The van der Waals surface area contributed by atoms with E-state index < -0.39 is 0 Å². The van der Waals surface area contributed by atoms with Crippen LogP contribution in [0.4, 0.5) is 0 Å². The Morgan fingerprint density at radius 1 is 1.41 bits per heavy atom. The van der Waals surface area contributed by atoms with Crippen molar-refractivity contribution in [1.82, 2.24) is 20.0 Å². The lowest BCUT2D eigenvalue weighted by atomic mass is 10.2. The van der Waals surface area contributed by atoms with Crippen LogP contribution in [0.1, 0.15) is 37.9 Å². The fourth-order valence-electron chi connectivity index (χ4n) is 2.94. The molecule has 1 aromatic rings. The van der Waals surface area contributed by atoms with E-state index in [-0.39, 0.29) is 0 Å². The second-order valence-electron chi connectivity index (χ2n) is 5.48. The molecular weight excluding hydrogens is 212 g/mol. The molecule has 4 nitrogen and oxygen atoms in total. The number of likely N-dealkylation sites (tertiary alicyclic amines) is 1. The maximum Gasteiger partial charge on any atom is 0.0547 e. The summed E-state index contributed by atoms with van der Waals surface area (Å²) in [5, 5.41) is 7.96. The van der Waals surface area contributed by atoms with Crippen molar-refractivity contribution in [3.8, 4) is 0 Å². The maximum absolute atomic E-state index is 4.23. The van der Waals surface area contributed by atoms with Crippen LogP contribution in [-0.4, -0.2) is 39.9 Å². The summed E-state index contributed by atoms with van der Waals surface area (Å²) in [6.45, 7) is 4.74. The molecule has 1 saturated carbocycles. The van der Waals surface area contributed by atoms with Crippen LogP contribution in [0.15, 0.2) is 12.3 Å². The Morgan fingerprint density at radius 3 is 2.88 bits per heavy atom. The predicted octanol–water partition coefficient (Wildman–Crippen LogP) is 1.31. The Bertz CT molecular complexity index is 383. The van der Waals surface area contributed by atoms with Crippen LogP contribution >= 0.6 is 0 Å². The minimum atomic E-state index is 0.395. The van der Waals surface area contributed by atoms with Gasteiger partial charge in [-0.15, -0.1) is 0 Å². The molecule has 1 saturated heterocycles. The minimum absolute atomic E-state index is 0.395. The summed E-state index contributed by atoms with van der Waals surface area (Å²) in [4.78, 5) is 2.65. The summed E-state index contributed by atoms with van der Waals surface area (Å²) < 4.78 is 1.96. The standard InChI is InChI=1S/C13H22N4/c1-10(13-5-7-14-16(13)2)15-11-6-8-17(9-11)12-3-4-12/h5,7,10-12,15H,3-4,6,8-9H2,1-2H3. The third kappa shape index (κ3) is 2.38. The van der Waals surface area contributed by atoms with Gasteiger partial charge in [0.1, 0.15) is 0 Å². The number of nitrogens with one attached hydrogen (secondary N) is 1. The zero-order valence-corrected chi connectivity index (χ0v) is 10.8. The van der Waals surface area contributed by atoms with E-state index in [1.54, 1.807) is 0 Å². The van der Waals surface area contributed by atoms with Gasteiger partial charge < -0.3 is 5.32 Å². The molecule has 0 aromatic carbocycles. The predicted molar refractivity (Wildman–Crippen MR) is 67.8 cm³/mol. The van der Waals surface area contributed by atoms with E-state index >= 15 is 0 Å². The Morgan fingerprint density at radius 2 is 2.24 bits per heavy atom. The van der Waals surface area contributed by atoms with E-state index in [1.807, 2.05) is 17.9 Å². The third-order valence-corrected chi connectivity index (χ3v) is 4.07. The molecule has 1 aliphatic carbocycles. The van der Waals surface area contributed by atoms with Gasteiger partial charge in [0, 0.05) is 44.5 Å². The van der Waals surface area contributed by atoms with Crippen molar-refractivity contribution >= 4 is 0 Å². The summed E-state index contributed by atoms with van der Waals surface area (Å²) >= 11 is 0. The highest BCUT2D eigenvalue weighted by molar-refractivity contribution is 5.06. The first-order valence-electron chi connectivity index (χ1n) is 6.72. The molecule has 2 aliphatic rings. The van der Waals surface area contributed by atoms with E-state index in [0.717, 1.165) is 6.04 Å². The van der Waals surface area contributed by atoms with Crippen LogP contribution in [0.2, 0.25) is 0 Å². The fourth-order valence-corrected chi connectivity index (χ4v) is 2.94. The van der Waals surface area contributed by atoms with Crippen LogP contribution in [-0.2, 0) is 7.05 Å². The molecule has 1 aromatic heterocycles. The smallest absolute Gasteiger partial charge is 0.0547 e. The number of aryl methyl sites for hydroxylation is 1. The van der Waals surface area contributed by atoms with E-state index in [2.05, 4.69) is 28.3 Å². The van der Waals surface area contributed by atoms with E-state index in [4.69, 9.17) is 0 Å². The lowest BCUT2D eigenvalue weighted by Gasteiger charge is -2.20. The van der Waals surface area contributed by atoms with Gasteiger partial charge in [-0.05, 0) is 32.3 Å². The summed E-state index contributed by atoms with van der Waals surface area (Å²) in [7, 11) is 2.01. The summed E-state index contributed by atoms with van der Waals surface area (Å²) in [5.41, 5.74) is 1.27. The topological polar surface area (TPSA) is 33.1 Å². The fraction of sp³-hybridized carbons (Fsp3) is 0.769. The highest BCUT2D eigenvalue weighted by Crippen LogP contribution is 2.30. The molecular formula is C13H22N4. The number of hydrogen-bond donors (Lipinski definition) is 1. The molecule has 0 radical (unpaired) electrons. The molecule has 2 fully saturated rings. The minimum Gasteiger partial charge on any atom is -0.305 e. The van der Waals surface area contributed by atoms with Crippen molar-refractivity contribution in [2.24, 2.45) is 7.05 Å². The second kappa shape index (κ2) is 4.42. The Labute approximate surface area is 103 Å². The average molecular weight is 234 g/mol. The van der Waals surface area contributed by atoms with Gasteiger partial charge in [0.05, 0.1) is 5.69 Å². The highest BCUT2D eigenvalue weighted by atomic mass is 15.3. The molecule has 0 bridgehead atoms. The van der Waals surface area contributed by atoms with Crippen LogP contribution in [0.3, 0.4) is 0 Å². The molecule has 94 valence electrons. The molecule has 0 amide bonds. The third-order valence-electron chi connectivity index (χ3n) is 4.07. The summed E-state index contributed by atoms with van der Waals surface area (Å²) in [6, 6.07) is 4.06. The first kappa shape index (κ1) is 11.2. The van der Waals surface area contributed by atoms with Crippen molar-refractivity contribution in [2.75, 3.05) is 13.1 Å². The summed E-state index contributed by atoms with van der Waals surface area (Å²) in [6.07, 6.45) is 6.01. The molecule has 1 N–H and O–H groups in total. The number of rotatable bonds is 4. The van der Waals surface area contributed by atoms with Gasteiger partial charge in [-0.1, -0.05) is 0 Å². The van der Waals surface area contributed by atoms with Crippen molar-refractivity contribution in [2.45, 2.75) is 44.3 Å². The van der Waals surface area contributed by atoms with Gasteiger partial charge in [0.25, 0.3) is 0 Å². The molecule has 3 rings (SSSR count). The number of nitrogens with zero attached hydrogens (tertiary/aromatic N) is 3. The van der Waals surface area contributed by atoms with Crippen molar-refractivity contribution in [3.05, 3.63) is 18.0 Å². The first-order chi connectivity index (χ1) is 8.24. The Hall–Kier alpha value is -0.870. The van der Waals surface area contributed by atoms with Gasteiger partial charge >= 0.3 is 0 Å². The van der Waals surface area contributed by atoms with Crippen molar-refractivity contribution < 1.29 is 0 Å². The molecule has 2 heterocycles. The van der Waals surface area contributed by atoms with Crippen LogP contribution < -0.4 is 5.32 Å². The van der Waals surface area contributed by atoms with E-state index in [9.17, 15) is 0 Å². The molecule has 17 heavy (non-hydrogen) atoms. The quantitative estimate of drug-likeness (QED) is 0.852. The number of aromatic nitrogens is 2. The van der Waals surface area contributed by atoms with Gasteiger partial charge in [0.2, 0.25) is 0 Å². The van der Waals surface area contributed by atoms with Crippen LogP contribution in [0.25, 0.3) is 0 Å². The lowest BCUT2D eigenvalue weighted by Crippen LogP contribution is -2.35. The van der Waals surface area contributed by atoms with E-state index in [1.165, 1.54) is 38.0 Å². The zero-order chi connectivity index (χ0) is 11.8. The summed E-state index contributed by atoms with van der Waals surface area (Å²) in [5.74, 6) is 0.